The quantitative estimate of drug-likeness (QED) is 0.164. The van der Waals surface area contributed by atoms with Crippen molar-refractivity contribution < 1.29 is 64.2 Å². The standard InChI is InChI=1S/C26H28O14/c27-9-26(35)10-38-25(23(26)34)37-8-17-20(31)21(32)22(33)24(40-17)39-13-5-15(29)18-16(6-13)36-7-14(19(18)30)11-1-3-12(28)4-2-11/h1-7,17,20-25,27-29,31-35H,8-10H2/t17?,20?,21?,22?,23?,24?,25?,26-/m1/s1. The molecule has 2 aliphatic heterocycles. The Bertz CT molecular complexity index is 1410. The van der Waals surface area contributed by atoms with Crippen LogP contribution < -0.4 is 10.2 Å². The van der Waals surface area contributed by atoms with Crippen LogP contribution in [0.25, 0.3) is 22.1 Å². The number of hydrogen-bond donors (Lipinski definition) is 8. The first-order chi connectivity index (χ1) is 19.0. The average Bonchev–Trinajstić information content (AvgIpc) is 3.22. The van der Waals surface area contributed by atoms with E-state index in [-0.39, 0.29) is 28.0 Å². The van der Waals surface area contributed by atoms with Gasteiger partial charge < -0.3 is 64.2 Å². The molecule has 8 N–H and O–H groups in total. The van der Waals surface area contributed by atoms with Crippen LogP contribution in [0, 0.1) is 0 Å². The number of aliphatic hydroxyl groups is 6. The van der Waals surface area contributed by atoms with Gasteiger partial charge in [0.25, 0.3) is 0 Å². The summed E-state index contributed by atoms with van der Waals surface area (Å²) < 4.78 is 27.2. The molecule has 0 saturated carbocycles. The van der Waals surface area contributed by atoms with Gasteiger partial charge >= 0.3 is 0 Å². The minimum absolute atomic E-state index is 0.00969. The number of aliphatic hydroxyl groups excluding tert-OH is 5. The summed E-state index contributed by atoms with van der Waals surface area (Å²) in [6.45, 7) is -1.67. The predicted molar refractivity (Wildman–Crippen MR) is 132 cm³/mol. The molecule has 7 unspecified atom stereocenters. The van der Waals surface area contributed by atoms with E-state index in [1.54, 1.807) is 0 Å². The molecule has 216 valence electrons. The maximum Gasteiger partial charge on any atom is 0.229 e. The summed E-state index contributed by atoms with van der Waals surface area (Å²) in [6, 6.07) is 8.15. The summed E-state index contributed by atoms with van der Waals surface area (Å²) in [7, 11) is 0. The molecular formula is C26H28O14. The predicted octanol–water partition coefficient (Wildman–Crippen LogP) is -1.49. The third-order valence-electron chi connectivity index (χ3n) is 6.93. The molecule has 0 spiro atoms. The van der Waals surface area contributed by atoms with Gasteiger partial charge in [0.2, 0.25) is 11.7 Å². The molecule has 14 heteroatoms. The van der Waals surface area contributed by atoms with E-state index in [9.17, 15) is 45.6 Å². The number of rotatable bonds is 7. The van der Waals surface area contributed by atoms with Crippen LogP contribution in [0.1, 0.15) is 0 Å². The van der Waals surface area contributed by atoms with Crippen LogP contribution in [0.4, 0.5) is 0 Å². The van der Waals surface area contributed by atoms with Crippen molar-refractivity contribution in [3.63, 3.8) is 0 Å². The smallest absolute Gasteiger partial charge is 0.229 e. The first-order valence-corrected chi connectivity index (χ1v) is 12.2. The molecule has 0 bridgehead atoms. The van der Waals surface area contributed by atoms with Crippen molar-refractivity contribution in [2.24, 2.45) is 0 Å². The van der Waals surface area contributed by atoms with Gasteiger partial charge in [0.1, 0.15) is 70.6 Å². The summed E-state index contributed by atoms with van der Waals surface area (Å²) in [5, 5.41) is 80.6. The number of ether oxygens (including phenoxy) is 4. The van der Waals surface area contributed by atoms with Gasteiger partial charge in [-0.05, 0) is 17.7 Å². The van der Waals surface area contributed by atoms with Gasteiger partial charge in [-0.2, -0.15) is 0 Å². The third kappa shape index (κ3) is 5.12. The number of fused-ring (bicyclic) bond motifs is 1. The highest BCUT2D eigenvalue weighted by atomic mass is 16.7. The molecule has 40 heavy (non-hydrogen) atoms. The van der Waals surface area contributed by atoms with Gasteiger partial charge in [0.05, 0.1) is 25.4 Å². The molecule has 2 saturated heterocycles. The summed E-state index contributed by atoms with van der Waals surface area (Å²) >= 11 is 0. The normalized spacial score (nSPS) is 32.4. The number of benzene rings is 2. The summed E-state index contributed by atoms with van der Waals surface area (Å²) in [6.07, 6.45) is -9.84. The molecule has 5 rings (SSSR count). The molecule has 0 amide bonds. The molecule has 2 aromatic carbocycles. The van der Waals surface area contributed by atoms with Crippen molar-refractivity contribution in [2.75, 3.05) is 19.8 Å². The van der Waals surface area contributed by atoms with E-state index in [0.717, 1.165) is 6.07 Å². The first kappa shape index (κ1) is 28.2. The zero-order valence-corrected chi connectivity index (χ0v) is 20.7. The van der Waals surface area contributed by atoms with E-state index in [1.807, 2.05) is 0 Å². The molecule has 14 nitrogen and oxygen atoms in total. The van der Waals surface area contributed by atoms with Crippen LogP contribution in [0.15, 0.2) is 51.9 Å². The fourth-order valence-electron chi connectivity index (χ4n) is 4.53. The summed E-state index contributed by atoms with van der Waals surface area (Å²) in [5.41, 5.74) is -1.96. The zero-order chi connectivity index (χ0) is 28.8. The van der Waals surface area contributed by atoms with E-state index >= 15 is 0 Å². The second-order valence-electron chi connectivity index (χ2n) is 9.69. The van der Waals surface area contributed by atoms with Crippen LogP contribution in [0.2, 0.25) is 0 Å². The van der Waals surface area contributed by atoms with Gasteiger partial charge in [-0.1, -0.05) is 12.1 Å². The van der Waals surface area contributed by atoms with Crippen LogP contribution in [-0.2, 0) is 14.2 Å². The molecule has 0 radical (unpaired) electrons. The zero-order valence-electron chi connectivity index (χ0n) is 20.7. The van der Waals surface area contributed by atoms with Crippen molar-refractivity contribution in [3.05, 3.63) is 52.9 Å². The fourth-order valence-corrected chi connectivity index (χ4v) is 4.53. The van der Waals surface area contributed by atoms with Crippen molar-refractivity contribution in [1.29, 1.82) is 0 Å². The highest BCUT2D eigenvalue weighted by Gasteiger charge is 2.50. The van der Waals surface area contributed by atoms with E-state index in [0.29, 0.717) is 5.56 Å². The molecular weight excluding hydrogens is 536 g/mol. The minimum Gasteiger partial charge on any atom is -0.508 e. The lowest BCUT2D eigenvalue weighted by Gasteiger charge is -2.40. The fraction of sp³-hybridized carbons (Fsp3) is 0.423. The van der Waals surface area contributed by atoms with Crippen LogP contribution in [0.3, 0.4) is 0 Å². The number of phenols is 2. The molecule has 8 atom stereocenters. The van der Waals surface area contributed by atoms with E-state index in [2.05, 4.69) is 0 Å². The molecule has 0 aliphatic carbocycles. The topological polar surface area (TPSA) is 229 Å². The van der Waals surface area contributed by atoms with Crippen molar-refractivity contribution >= 4 is 11.0 Å². The van der Waals surface area contributed by atoms with E-state index < -0.39 is 79.7 Å². The monoisotopic (exact) mass is 564 g/mol. The van der Waals surface area contributed by atoms with Gasteiger partial charge in [-0.3, -0.25) is 4.79 Å². The Labute approximate surface area is 225 Å². The van der Waals surface area contributed by atoms with Crippen LogP contribution in [0.5, 0.6) is 17.2 Å². The summed E-state index contributed by atoms with van der Waals surface area (Å²) in [4.78, 5) is 13.1. The average molecular weight is 564 g/mol. The maximum absolute atomic E-state index is 13.1. The van der Waals surface area contributed by atoms with Crippen LogP contribution in [-0.4, -0.2) is 109 Å². The highest BCUT2D eigenvalue weighted by molar-refractivity contribution is 5.88. The Hall–Kier alpha value is -3.31. The second-order valence-corrected chi connectivity index (χ2v) is 9.69. The second kappa shape index (κ2) is 10.9. The molecule has 2 fully saturated rings. The Kier molecular flexibility index (Phi) is 7.71. The Morgan fingerprint density at radius 2 is 1.70 bits per heavy atom. The minimum atomic E-state index is -1.93. The lowest BCUT2D eigenvalue weighted by Crippen LogP contribution is -2.60. The Balaban J connectivity index is 1.33. The highest BCUT2D eigenvalue weighted by Crippen LogP contribution is 2.33. The van der Waals surface area contributed by atoms with Crippen LogP contribution >= 0.6 is 0 Å². The third-order valence-corrected chi connectivity index (χ3v) is 6.93. The first-order valence-electron chi connectivity index (χ1n) is 12.2. The maximum atomic E-state index is 13.1. The van der Waals surface area contributed by atoms with Gasteiger partial charge in [-0.15, -0.1) is 0 Å². The number of hydrogen-bond acceptors (Lipinski definition) is 14. The van der Waals surface area contributed by atoms with Gasteiger partial charge in [-0.25, -0.2) is 0 Å². The van der Waals surface area contributed by atoms with Crippen molar-refractivity contribution in [1.82, 2.24) is 0 Å². The largest absolute Gasteiger partial charge is 0.508 e. The van der Waals surface area contributed by atoms with Gasteiger partial charge in [0, 0.05) is 12.1 Å². The Morgan fingerprint density at radius 1 is 0.975 bits per heavy atom. The SMILES string of the molecule is O=c1c(-c2ccc(O)cc2)coc2cc(OC3OC(COC4OC[C@](O)(CO)C4O)C(O)C(O)C3O)cc(O)c12. The van der Waals surface area contributed by atoms with E-state index in [1.165, 1.54) is 36.6 Å². The van der Waals surface area contributed by atoms with Crippen molar-refractivity contribution in [3.8, 4) is 28.4 Å². The molecule has 3 heterocycles. The molecule has 2 aliphatic rings. The number of phenolic OH excluding ortho intramolecular Hbond substituents is 2. The molecule has 3 aromatic rings. The lowest BCUT2D eigenvalue weighted by atomic mass is 9.99. The van der Waals surface area contributed by atoms with E-state index in [4.69, 9.17) is 23.4 Å². The summed E-state index contributed by atoms with van der Waals surface area (Å²) in [5.74, 6) is -0.604. The van der Waals surface area contributed by atoms with Gasteiger partial charge in [0.15, 0.2) is 6.29 Å². The lowest BCUT2D eigenvalue weighted by molar-refractivity contribution is -0.289. The number of aromatic hydroxyl groups is 2. The molecule has 1 aromatic heterocycles. The van der Waals surface area contributed by atoms with Crippen molar-refractivity contribution in [2.45, 2.75) is 48.7 Å². The Morgan fingerprint density at radius 3 is 2.38 bits per heavy atom.